The molecule has 234 valence electrons. The standard InChI is InChI=1S/C30H45IN4O7/c1-30(2,3)42-29(39)34-13-9-21(10-14-34)7-8-26(36)35-12-5-6-22(20-35)28(38)33-25(17-27(37)40-4)23-16-24(19-32-18-23)41-15-11-31/h16,18-19,21-22,25H,5-15,17,20H2,1-4H3,(H,33,38)/t22-,25?/m1/s1. The lowest BCUT2D eigenvalue weighted by molar-refractivity contribution is -0.141. The van der Waals surface area contributed by atoms with E-state index in [4.69, 9.17) is 14.2 Å². The maximum atomic E-state index is 13.4. The second-order valence-corrected chi connectivity index (χ2v) is 13.0. The Morgan fingerprint density at radius 3 is 2.50 bits per heavy atom. The minimum atomic E-state index is -0.627. The van der Waals surface area contributed by atoms with Crippen LogP contribution in [0.2, 0.25) is 0 Å². The quantitative estimate of drug-likeness (QED) is 0.206. The molecule has 12 heteroatoms. The van der Waals surface area contributed by atoms with E-state index in [1.165, 1.54) is 7.11 Å². The van der Waals surface area contributed by atoms with Crippen LogP contribution in [0.1, 0.15) is 77.3 Å². The van der Waals surface area contributed by atoms with Crippen molar-refractivity contribution in [2.45, 2.75) is 77.4 Å². The van der Waals surface area contributed by atoms with Crippen LogP contribution in [0.5, 0.6) is 5.75 Å². The fourth-order valence-electron chi connectivity index (χ4n) is 5.29. The molecule has 0 aromatic carbocycles. The number of piperidine rings is 2. The Hall–Kier alpha value is -2.64. The lowest BCUT2D eigenvalue weighted by Crippen LogP contribution is -2.46. The van der Waals surface area contributed by atoms with E-state index in [9.17, 15) is 19.2 Å². The lowest BCUT2D eigenvalue weighted by atomic mass is 9.91. The Bertz CT molecular complexity index is 1070. The molecule has 1 unspecified atom stereocenters. The Balaban J connectivity index is 1.51. The molecule has 3 heterocycles. The average molecular weight is 701 g/mol. The number of halogens is 1. The molecule has 2 saturated heterocycles. The first-order valence-corrected chi connectivity index (χ1v) is 16.3. The molecule has 1 aromatic rings. The maximum absolute atomic E-state index is 13.4. The van der Waals surface area contributed by atoms with Crippen molar-refractivity contribution in [2.75, 3.05) is 44.3 Å². The summed E-state index contributed by atoms with van der Waals surface area (Å²) >= 11 is 2.22. The van der Waals surface area contributed by atoms with E-state index >= 15 is 0 Å². The molecule has 3 rings (SSSR count). The van der Waals surface area contributed by atoms with Crippen LogP contribution < -0.4 is 10.1 Å². The number of rotatable bonds is 11. The summed E-state index contributed by atoms with van der Waals surface area (Å²) in [4.78, 5) is 58.7. The van der Waals surface area contributed by atoms with Gasteiger partial charge in [-0.05, 0) is 70.4 Å². The van der Waals surface area contributed by atoms with Gasteiger partial charge in [0.25, 0.3) is 0 Å². The first-order valence-electron chi connectivity index (χ1n) is 14.8. The van der Waals surface area contributed by atoms with Crippen molar-refractivity contribution in [2.24, 2.45) is 11.8 Å². The van der Waals surface area contributed by atoms with E-state index in [1.807, 2.05) is 20.8 Å². The fourth-order valence-corrected chi connectivity index (χ4v) is 5.51. The normalized spacial score (nSPS) is 18.6. The monoisotopic (exact) mass is 700 g/mol. The second-order valence-electron chi connectivity index (χ2n) is 12.0. The Morgan fingerprint density at radius 1 is 1.10 bits per heavy atom. The van der Waals surface area contributed by atoms with E-state index in [0.717, 1.165) is 30.1 Å². The number of hydrogen-bond donors (Lipinski definition) is 1. The van der Waals surface area contributed by atoms with Gasteiger partial charge in [0, 0.05) is 43.2 Å². The fraction of sp³-hybridized carbons (Fsp3) is 0.700. The van der Waals surface area contributed by atoms with Crippen LogP contribution in [0.3, 0.4) is 0 Å². The van der Waals surface area contributed by atoms with Crippen LogP contribution in [0.4, 0.5) is 4.79 Å². The minimum absolute atomic E-state index is 0.0399. The Kier molecular flexibility index (Phi) is 13.1. The molecule has 0 spiro atoms. The molecular formula is C30H45IN4O7. The SMILES string of the molecule is COC(=O)CC(NC(=O)[C@@H]1CCCN(C(=O)CCC2CCN(C(=O)OC(C)(C)C)CC2)C1)c1cncc(OCCI)c1. The number of amides is 3. The highest BCUT2D eigenvalue weighted by Gasteiger charge is 2.32. The smallest absolute Gasteiger partial charge is 0.410 e. The number of carbonyl (C=O) groups excluding carboxylic acids is 4. The van der Waals surface area contributed by atoms with E-state index in [-0.39, 0.29) is 30.2 Å². The van der Waals surface area contributed by atoms with Crippen LogP contribution in [0.25, 0.3) is 0 Å². The van der Waals surface area contributed by atoms with Crippen molar-refractivity contribution in [3.8, 4) is 5.75 Å². The molecule has 1 aromatic heterocycles. The number of carbonyl (C=O) groups is 4. The summed E-state index contributed by atoms with van der Waals surface area (Å²) in [5.41, 5.74) is 0.137. The molecule has 0 radical (unpaired) electrons. The van der Waals surface area contributed by atoms with Gasteiger partial charge in [0.15, 0.2) is 0 Å². The third-order valence-corrected chi connectivity index (χ3v) is 8.02. The molecule has 2 aliphatic heterocycles. The Labute approximate surface area is 262 Å². The van der Waals surface area contributed by atoms with Gasteiger partial charge in [-0.25, -0.2) is 4.79 Å². The van der Waals surface area contributed by atoms with Gasteiger partial charge < -0.3 is 29.3 Å². The van der Waals surface area contributed by atoms with Crippen molar-refractivity contribution in [3.05, 3.63) is 24.0 Å². The van der Waals surface area contributed by atoms with Gasteiger partial charge in [-0.2, -0.15) is 0 Å². The third-order valence-electron chi connectivity index (χ3n) is 7.58. The predicted octanol–water partition coefficient (Wildman–Crippen LogP) is 4.28. The first-order chi connectivity index (χ1) is 20.0. The van der Waals surface area contributed by atoms with Crippen molar-refractivity contribution < 1.29 is 33.4 Å². The van der Waals surface area contributed by atoms with Crippen LogP contribution in [0, 0.1) is 11.8 Å². The van der Waals surface area contributed by atoms with Gasteiger partial charge >= 0.3 is 12.1 Å². The molecule has 2 atom stereocenters. The van der Waals surface area contributed by atoms with Crippen LogP contribution in [-0.4, -0.2) is 88.6 Å². The summed E-state index contributed by atoms with van der Waals surface area (Å²) in [6.07, 6.45) is 7.17. The van der Waals surface area contributed by atoms with Gasteiger partial charge in [0.05, 0.1) is 38.3 Å². The highest BCUT2D eigenvalue weighted by atomic mass is 127. The average Bonchev–Trinajstić information content (AvgIpc) is 2.97. The van der Waals surface area contributed by atoms with Gasteiger partial charge in [0.1, 0.15) is 11.4 Å². The number of ether oxygens (including phenoxy) is 3. The lowest BCUT2D eigenvalue weighted by Gasteiger charge is -2.35. The van der Waals surface area contributed by atoms with Gasteiger partial charge in [-0.1, -0.05) is 22.6 Å². The summed E-state index contributed by atoms with van der Waals surface area (Å²) in [6, 6.07) is 1.15. The Morgan fingerprint density at radius 2 is 1.83 bits per heavy atom. The number of methoxy groups -OCH3 is 1. The molecule has 0 aliphatic carbocycles. The minimum Gasteiger partial charge on any atom is -0.491 e. The molecular weight excluding hydrogens is 655 g/mol. The third kappa shape index (κ3) is 10.9. The summed E-state index contributed by atoms with van der Waals surface area (Å²) in [6.45, 7) is 8.35. The number of pyridine rings is 1. The molecule has 3 amide bonds. The number of esters is 1. The summed E-state index contributed by atoms with van der Waals surface area (Å²) in [5.74, 6) is -0.0198. The zero-order valence-electron chi connectivity index (χ0n) is 25.2. The second kappa shape index (κ2) is 16.3. The summed E-state index contributed by atoms with van der Waals surface area (Å²) in [5, 5.41) is 3.00. The van der Waals surface area contributed by atoms with Crippen molar-refractivity contribution in [1.82, 2.24) is 20.1 Å². The topological polar surface area (TPSA) is 127 Å². The highest BCUT2D eigenvalue weighted by Crippen LogP contribution is 2.26. The van der Waals surface area contributed by atoms with E-state index in [0.29, 0.717) is 62.9 Å². The van der Waals surface area contributed by atoms with Crippen molar-refractivity contribution in [1.29, 1.82) is 0 Å². The highest BCUT2D eigenvalue weighted by molar-refractivity contribution is 14.1. The first kappa shape index (κ1) is 33.9. The number of nitrogens with one attached hydrogen (secondary N) is 1. The van der Waals surface area contributed by atoms with E-state index < -0.39 is 17.6 Å². The number of hydrogen-bond acceptors (Lipinski definition) is 8. The molecule has 0 saturated carbocycles. The predicted molar refractivity (Wildman–Crippen MR) is 165 cm³/mol. The number of likely N-dealkylation sites (tertiary alicyclic amines) is 2. The van der Waals surface area contributed by atoms with E-state index in [1.54, 1.807) is 28.3 Å². The molecule has 42 heavy (non-hydrogen) atoms. The maximum Gasteiger partial charge on any atom is 0.410 e. The van der Waals surface area contributed by atoms with Crippen molar-refractivity contribution >= 4 is 46.5 Å². The molecule has 2 aliphatic rings. The van der Waals surface area contributed by atoms with Crippen LogP contribution >= 0.6 is 22.6 Å². The zero-order chi connectivity index (χ0) is 30.7. The van der Waals surface area contributed by atoms with Gasteiger partial charge in [-0.3, -0.25) is 19.4 Å². The van der Waals surface area contributed by atoms with Crippen LogP contribution in [0.15, 0.2) is 18.5 Å². The largest absolute Gasteiger partial charge is 0.491 e. The zero-order valence-corrected chi connectivity index (χ0v) is 27.4. The number of aromatic nitrogens is 1. The summed E-state index contributed by atoms with van der Waals surface area (Å²) in [7, 11) is 1.31. The molecule has 1 N–H and O–H groups in total. The summed E-state index contributed by atoms with van der Waals surface area (Å²) < 4.78 is 16.8. The molecule has 0 bridgehead atoms. The van der Waals surface area contributed by atoms with E-state index in [2.05, 4.69) is 32.9 Å². The molecule has 2 fully saturated rings. The van der Waals surface area contributed by atoms with Gasteiger partial charge in [-0.15, -0.1) is 0 Å². The number of nitrogens with zero attached hydrogens (tertiary/aromatic N) is 3. The number of alkyl halides is 1. The molecule has 11 nitrogen and oxygen atoms in total. The van der Waals surface area contributed by atoms with Crippen LogP contribution in [-0.2, 0) is 23.9 Å². The van der Waals surface area contributed by atoms with Gasteiger partial charge in [0.2, 0.25) is 11.8 Å². The van der Waals surface area contributed by atoms with Crippen molar-refractivity contribution in [3.63, 3.8) is 0 Å².